The highest BCUT2D eigenvalue weighted by Crippen LogP contribution is 2.13. The molecule has 1 N–H and O–H groups in total. The summed E-state index contributed by atoms with van der Waals surface area (Å²) in [7, 11) is 1.80. The van der Waals surface area contributed by atoms with E-state index in [0.29, 0.717) is 25.1 Å². The Hall–Kier alpha value is -2.50. The zero-order valence-electron chi connectivity index (χ0n) is 12.5. The van der Waals surface area contributed by atoms with Gasteiger partial charge >= 0.3 is 0 Å². The van der Waals surface area contributed by atoms with E-state index in [1.54, 1.807) is 36.5 Å². The molecular weight excluding hydrogens is 280 g/mol. The maximum atomic E-state index is 12.3. The predicted molar refractivity (Wildman–Crippen MR) is 82.3 cm³/mol. The van der Waals surface area contributed by atoms with Crippen LogP contribution in [0.3, 0.4) is 0 Å². The minimum Gasteiger partial charge on any atom is -0.348 e. The van der Waals surface area contributed by atoms with Gasteiger partial charge in [0.15, 0.2) is 0 Å². The maximum Gasteiger partial charge on any atom is 0.270 e. The molecule has 0 aromatic carbocycles. The number of hydrogen-bond donors (Lipinski definition) is 1. The zero-order valence-corrected chi connectivity index (χ0v) is 12.5. The lowest BCUT2D eigenvalue weighted by Crippen LogP contribution is -2.36. The van der Waals surface area contributed by atoms with Gasteiger partial charge in [0.1, 0.15) is 5.69 Å². The minimum atomic E-state index is -0.194. The van der Waals surface area contributed by atoms with E-state index in [4.69, 9.17) is 0 Å². The minimum absolute atomic E-state index is 0.0105. The van der Waals surface area contributed by atoms with Crippen LogP contribution in [0.2, 0.25) is 0 Å². The van der Waals surface area contributed by atoms with Crippen molar-refractivity contribution in [1.29, 1.82) is 0 Å². The largest absolute Gasteiger partial charge is 0.348 e. The van der Waals surface area contributed by atoms with E-state index in [0.717, 1.165) is 17.3 Å². The average Bonchev–Trinajstić information content (AvgIpc) is 2.70. The molecule has 2 aromatic rings. The summed E-state index contributed by atoms with van der Waals surface area (Å²) in [6, 6.07) is 5.34. The fourth-order valence-corrected chi connectivity index (χ4v) is 2.60. The summed E-state index contributed by atoms with van der Waals surface area (Å²) in [6.07, 6.45) is 5.29. The molecule has 1 saturated heterocycles. The lowest BCUT2D eigenvalue weighted by atomic mass is 10.1. The van der Waals surface area contributed by atoms with Crippen LogP contribution in [-0.4, -0.2) is 46.3 Å². The van der Waals surface area contributed by atoms with E-state index < -0.39 is 0 Å². The number of nitrogens with zero attached hydrogens (tertiary/aromatic N) is 3. The van der Waals surface area contributed by atoms with Crippen LogP contribution in [0, 0.1) is 0 Å². The van der Waals surface area contributed by atoms with Crippen LogP contribution in [-0.2, 0) is 4.79 Å². The van der Waals surface area contributed by atoms with Gasteiger partial charge in [0, 0.05) is 43.8 Å². The number of carbonyl (C=O) groups excluding carboxylic acids is 2. The van der Waals surface area contributed by atoms with E-state index in [9.17, 15) is 9.59 Å². The van der Waals surface area contributed by atoms with E-state index in [1.165, 1.54) is 0 Å². The third kappa shape index (κ3) is 3.05. The maximum absolute atomic E-state index is 12.3. The Morgan fingerprint density at radius 3 is 3.05 bits per heavy atom. The summed E-state index contributed by atoms with van der Waals surface area (Å²) in [5, 5.41) is 3.89. The van der Waals surface area contributed by atoms with Crippen LogP contribution in [0.5, 0.6) is 0 Å². The first-order chi connectivity index (χ1) is 10.6. The van der Waals surface area contributed by atoms with Gasteiger partial charge in [0.05, 0.1) is 5.52 Å². The van der Waals surface area contributed by atoms with Gasteiger partial charge in [0.2, 0.25) is 5.91 Å². The molecule has 0 spiro atoms. The molecule has 1 fully saturated rings. The fraction of sp³-hybridized carbons (Fsp3) is 0.375. The Morgan fingerprint density at radius 1 is 1.32 bits per heavy atom. The van der Waals surface area contributed by atoms with Crippen molar-refractivity contribution < 1.29 is 9.59 Å². The van der Waals surface area contributed by atoms with Crippen LogP contribution in [0.1, 0.15) is 29.8 Å². The van der Waals surface area contributed by atoms with Crippen molar-refractivity contribution in [3.63, 3.8) is 0 Å². The highest BCUT2D eigenvalue weighted by molar-refractivity contribution is 5.95. The number of amides is 2. The van der Waals surface area contributed by atoms with Crippen LogP contribution in [0.4, 0.5) is 0 Å². The van der Waals surface area contributed by atoms with Crippen molar-refractivity contribution >= 4 is 22.7 Å². The molecule has 1 unspecified atom stereocenters. The number of aromatic nitrogens is 2. The van der Waals surface area contributed by atoms with Gasteiger partial charge in [0.25, 0.3) is 5.91 Å². The molecule has 3 rings (SSSR count). The van der Waals surface area contributed by atoms with Gasteiger partial charge in [-0.1, -0.05) is 0 Å². The molecule has 22 heavy (non-hydrogen) atoms. The van der Waals surface area contributed by atoms with E-state index in [1.807, 2.05) is 6.07 Å². The second-order valence-corrected chi connectivity index (χ2v) is 5.58. The molecule has 0 bridgehead atoms. The molecule has 0 aliphatic carbocycles. The number of hydrogen-bond acceptors (Lipinski definition) is 4. The van der Waals surface area contributed by atoms with Crippen molar-refractivity contribution in [2.75, 3.05) is 13.6 Å². The molecule has 1 aliphatic heterocycles. The Kier molecular flexibility index (Phi) is 4.00. The smallest absolute Gasteiger partial charge is 0.270 e. The number of pyridine rings is 2. The van der Waals surface area contributed by atoms with E-state index in [-0.39, 0.29) is 17.9 Å². The quantitative estimate of drug-likeness (QED) is 0.908. The van der Waals surface area contributed by atoms with Gasteiger partial charge in [-0.25, -0.2) is 4.98 Å². The third-order valence-electron chi connectivity index (χ3n) is 4.00. The molecule has 0 saturated carbocycles. The molecule has 2 aromatic heterocycles. The highest BCUT2D eigenvalue weighted by Gasteiger charge is 2.22. The Labute approximate surface area is 128 Å². The van der Waals surface area contributed by atoms with Crippen molar-refractivity contribution in [1.82, 2.24) is 20.2 Å². The normalized spacial score (nSPS) is 19.0. The van der Waals surface area contributed by atoms with Gasteiger partial charge in [-0.15, -0.1) is 0 Å². The Bertz CT molecular complexity index is 716. The standard InChI is InChI=1S/C16H18N4O2/c1-20-9-7-12(3-5-15(20)21)18-16(22)14-4-2-11-10-17-8-6-13(11)19-14/h2,4,6,8,10,12H,3,5,7,9H2,1H3,(H,18,22). The highest BCUT2D eigenvalue weighted by atomic mass is 16.2. The Morgan fingerprint density at radius 2 is 2.18 bits per heavy atom. The summed E-state index contributed by atoms with van der Waals surface area (Å²) >= 11 is 0. The zero-order chi connectivity index (χ0) is 15.5. The van der Waals surface area contributed by atoms with E-state index >= 15 is 0 Å². The number of fused-ring (bicyclic) bond motifs is 1. The number of likely N-dealkylation sites (tertiary alicyclic amines) is 1. The van der Waals surface area contributed by atoms with Crippen LogP contribution < -0.4 is 5.32 Å². The van der Waals surface area contributed by atoms with Crippen molar-refractivity contribution in [2.45, 2.75) is 25.3 Å². The number of carbonyl (C=O) groups is 2. The monoisotopic (exact) mass is 298 g/mol. The lowest BCUT2D eigenvalue weighted by Gasteiger charge is -2.16. The second kappa shape index (κ2) is 6.09. The summed E-state index contributed by atoms with van der Waals surface area (Å²) in [6.45, 7) is 0.667. The predicted octanol–water partition coefficient (Wildman–Crippen LogP) is 1.37. The fourth-order valence-electron chi connectivity index (χ4n) is 2.60. The molecule has 114 valence electrons. The van der Waals surface area contributed by atoms with Gasteiger partial charge in [-0.3, -0.25) is 14.6 Å². The lowest BCUT2D eigenvalue weighted by molar-refractivity contribution is -0.129. The second-order valence-electron chi connectivity index (χ2n) is 5.58. The van der Waals surface area contributed by atoms with Gasteiger partial charge in [-0.05, 0) is 31.0 Å². The number of rotatable bonds is 2. The van der Waals surface area contributed by atoms with Gasteiger partial charge in [-0.2, -0.15) is 0 Å². The topological polar surface area (TPSA) is 75.2 Å². The summed E-state index contributed by atoms with van der Waals surface area (Å²) in [5.74, 6) is -0.0613. The first-order valence-corrected chi connectivity index (χ1v) is 7.39. The van der Waals surface area contributed by atoms with Crippen molar-refractivity contribution in [3.05, 3.63) is 36.3 Å². The number of nitrogens with one attached hydrogen (secondary N) is 1. The SMILES string of the molecule is CN1CCC(NC(=O)c2ccc3cnccc3n2)CCC1=O. The molecule has 3 heterocycles. The molecule has 1 aliphatic rings. The molecule has 0 radical (unpaired) electrons. The van der Waals surface area contributed by atoms with Crippen LogP contribution >= 0.6 is 0 Å². The third-order valence-corrected chi connectivity index (χ3v) is 4.00. The molecule has 6 heteroatoms. The first kappa shape index (κ1) is 14.4. The van der Waals surface area contributed by atoms with Crippen molar-refractivity contribution in [2.24, 2.45) is 0 Å². The van der Waals surface area contributed by atoms with Gasteiger partial charge < -0.3 is 10.2 Å². The summed E-state index contributed by atoms with van der Waals surface area (Å²) in [5.41, 5.74) is 1.14. The summed E-state index contributed by atoms with van der Waals surface area (Å²) in [4.78, 5) is 34.1. The van der Waals surface area contributed by atoms with Crippen molar-refractivity contribution in [3.8, 4) is 0 Å². The first-order valence-electron chi connectivity index (χ1n) is 7.39. The summed E-state index contributed by atoms with van der Waals surface area (Å²) < 4.78 is 0. The average molecular weight is 298 g/mol. The van der Waals surface area contributed by atoms with Crippen LogP contribution in [0.25, 0.3) is 10.9 Å². The molecule has 6 nitrogen and oxygen atoms in total. The Balaban J connectivity index is 1.71. The molecule has 2 amide bonds. The van der Waals surface area contributed by atoms with E-state index in [2.05, 4.69) is 15.3 Å². The van der Waals surface area contributed by atoms with Crippen LogP contribution in [0.15, 0.2) is 30.6 Å². The molecule has 1 atom stereocenters. The molecular formula is C16H18N4O2.